The number of carbonyl (C=O) groups is 1. The van der Waals surface area contributed by atoms with Crippen LogP contribution < -0.4 is 5.32 Å². The summed E-state index contributed by atoms with van der Waals surface area (Å²) in [6, 6.07) is 0. The summed E-state index contributed by atoms with van der Waals surface area (Å²) in [5.41, 5.74) is 2.56. The topological polar surface area (TPSA) is 29.1 Å². The average Bonchev–Trinajstić information content (AvgIpc) is 3.09. The molecule has 2 nitrogen and oxygen atoms in total. The molecule has 0 radical (unpaired) electrons. The van der Waals surface area contributed by atoms with E-state index >= 15 is 0 Å². The van der Waals surface area contributed by atoms with E-state index < -0.39 is 0 Å². The fraction of sp³-hybridized carbons (Fsp3) is 0.897. The number of rotatable bonds is 6. The van der Waals surface area contributed by atoms with E-state index in [1.165, 1.54) is 57.8 Å². The van der Waals surface area contributed by atoms with E-state index in [0.717, 1.165) is 48.3 Å². The maximum absolute atomic E-state index is 12.3. The van der Waals surface area contributed by atoms with E-state index in [1.807, 2.05) is 0 Å². The van der Waals surface area contributed by atoms with Gasteiger partial charge in [-0.25, -0.2) is 0 Å². The Morgan fingerprint density at radius 1 is 1.06 bits per heavy atom. The van der Waals surface area contributed by atoms with Crippen LogP contribution in [0.4, 0.5) is 0 Å². The third kappa shape index (κ3) is 4.04. The van der Waals surface area contributed by atoms with Crippen LogP contribution in [0.25, 0.3) is 0 Å². The second-order valence-corrected chi connectivity index (χ2v) is 12.8. The largest absolute Gasteiger partial charge is 0.359 e. The molecule has 31 heavy (non-hydrogen) atoms. The van der Waals surface area contributed by atoms with Gasteiger partial charge in [-0.3, -0.25) is 4.79 Å². The van der Waals surface area contributed by atoms with Gasteiger partial charge in [-0.2, -0.15) is 0 Å². The van der Waals surface area contributed by atoms with Gasteiger partial charge in [0.1, 0.15) is 0 Å². The van der Waals surface area contributed by atoms with Gasteiger partial charge < -0.3 is 5.32 Å². The van der Waals surface area contributed by atoms with Gasteiger partial charge in [-0.1, -0.05) is 65.5 Å². The highest BCUT2D eigenvalue weighted by Crippen LogP contribution is 2.67. The van der Waals surface area contributed by atoms with Crippen molar-refractivity contribution >= 4 is 5.91 Å². The first-order valence-corrected chi connectivity index (χ1v) is 13.6. The highest BCUT2D eigenvalue weighted by atomic mass is 16.1. The van der Waals surface area contributed by atoms with E-state index in [9.17, 15) is 4.79 Å². The van der Waals surface area contributed by atoms with Crippen LogP contribution in [0.3, 0.4) is 0 Å². The number of allylic oxidation sites excluding steroid dienone is 2. The molecule has 8 unspecified atom stereocenters. The molecule has 0 aromatic rings. The predicted molar refractivity (Wildman–Crippen MR) is 131 cm³/mol. The molecule has 3 fully saturated rings. The summed E-state index contributed by atoms with van der Waals surface area (Å²) >= 11 is 0. The zero-order valence-electron chi connectivity index (χ0n) is 21.3. The lowest BCUT2D eigenvalue weighted by Gasteiger charge is -2.58. The Kier molecular flexibility index (Phi) is 6.68. The van der Waals surface area contributed by atoms with Crippen molar-refractivity contribution in [2.45, 2.75) is 105 Å². The Bertz CT molecular complexity index is 695. The van der Waals surface area contributed by atoms with Gasteiger partial charge in [-0.05, 0) is 97.7 Å². The zero-order chi connectivity index (χ0) is 22.4. The van der Waals surface area contributed by atoms with Crippen molar-refractivity contribution in [3.63, 3.8) is 0 Å². The molecule has 2 heteroatoms. The quantitative estimate of drug-likeness (QED) is 0.440. The monoisotopic (exact) mass is 427 g/mol. The lowest BCUT2D eigenvalue weighted by atomic mass is 9.46. The van der Waals surface area contributed by atoms with Gasteiger partial charge >= 0.3 is 0 Å². The fourth-order valence-electron chi connectivity index (χ4n) is 9.11. The highest BCUT2D eigenvalue weighted by molar-refractivity contribution is 5.78. The SMILES string of the molecule is CNC(=O)C1CCC2(C)C(=CCC3C2CCC2(C)C(C(C)CCCC(C)C)CCC32)C1. The molecule has 0 aliphatic heterocycles. The summed E-state index contributed by atoms with van der Waals surface area (Å²) in [6.45, 7) is 12.6. The molecule has 8 atom stereocenters. The number of hydrogen-bond acceptors (Lipinski definition) is 1. The third-order valence-corrected chi connectivity index (χ3v) is 10.9. The molecular weight excluding hydrogens is 378 g/mol. The van der Waals surface area contributed by atoms with Gasteiger partial charge in [0.15, 0.2) is 0 Å². The van der Waals surface area contributed by atoms with Crippen molar-refractivity contribution in [2.24, 2.45) is 52.3 Å². The van der Waals surface area contributed by atoms with Crippen LogP contribution in [0.1, 0.15) is 105 Å². The smallest absolute Gasteiger partial charge is 0.223 e. The first-order chi connectivity index (χ1) is 14.7. The minimum Gasteiger partial charge on any atom is -0.359 e. The highest BCUT2D eigenvalue weighted by Gasteiger charge is 2.59. The third-order valence-electron chi connectivity index (χ3n) is 10.9. The average molecular weight is 428 g/mol. The van der Waals surface area contributed by atoms with E-state index in [0.29, 0.717) is 10.8 Å². The number of carbonyl (C=O) groups excluding carboxylic acids is 1. The van der Waals surface area contributed by atoms with Gasteiger partial charge in [-0.15, -0.1) is 0 Å². The Morgan fingerprint density at radius 2 is 1.84 bits per heavy atom. The summed E-state index contributed by atoms with van der Waals surface area (Å²) in [5.74, 6) is 5.80. The van der Waals surface area contributed by atoms with Gasteiger partial charge in [0, 0.05) is 13.0 Å². The molecule has 4 aliphatic rings. The maximum atomic E-state index is 12.3. The molecule has 4 rings (SSSR count). The number of fused-ring (bicyclic) bond motifs is 5. The molecule has 0 aromatic carbocycles. The van der Waals surface area contributed by atoms with Crippen molar-refractivity contribution in [1.82, 2.24) is 5.32 Å². The molecule has 0 spiro atoms. The molecular formula is C29H49NO. The van der Waals surface area contributed by atoms with Crippen LogP contribution in [0.15, 0.2) is 11.6 Å². The van der Waals surface area contributed by atoms with Crippen LogP contribution in [-0.2, 0) is 4.79 Å². The lowest BCUT2D eigenvalue weighted by Crippen LogP contribution is -2.51. The molecule has 0 heterocycles. The summed E-state index contributed by atoms with van der Waals surface area (Å²) in [5, 5.41) is 2.90. The lowest BCUT2D eigenvalue weighted by molar-refractivity contribution is -0.126. The summed E-state index contributed by atoms with van der Waals surface area (Å²) in [7, 11) is 1.80. The van der Waals surface area contributed by atoms with Gasteiger partial charge in [0.2, 0.25) is 5.91 Å². The summed E-state index contributed by atoms with van der Waals surface area (Å²) in [6.07, 6.45) is 17.3. The van der Waals surface area contributed by atoms with Crippen molar-refractivity contribution in [3.05, 3.63) is 11.6 Å². The van der Waals surface area contributed by atoms with Crippen molar-refractivity contribution in [2.75, 3.05) is 7.05 Å². The predicted octanol–water partition coefficient (Wildman–Crippen LogP) is 7.39. The van der Waals surface area contributed by atoms with Gasteiger partial charge in [0.25, 0.3) is 0 Å². The van der Waals surface area contributed by atoms with Crippen LogP contribution in [-0.4, -0.2) is 13.0 Å². The van der Waals surface area contributed by atoms with Crippen molar-refractivity contribution in [3.8, 4) is 0 Å². The number of amides is 1. The Balaban J connectivity index is 1.48. The molecule has 0 bridgehead atoms. The van der Waals surface area contributed by atoms with E-state index in [4.69, 9.17) is 0 Å². The molecule has 0 saturated heterocycles. The minimum atomic E-state index is 0.206. The van der Waals surface area contributed by atoms with Crippen molar-refractivity contribution in [1.29, 1.82) is 0 Å². The van der Waals surface area contributed by atoms with E-state index in [2.05, 4.69) is 46.0 Å². The zero-order valence-corrected chi connectivity index (χ0v) is 21.3. The molecule has 4 aliphatic carbocycles. The summed E-state index contributed by atoms with van der Waals surface area (Å²) < 4.78 is 0. The first kappa shape index (κ1) is 23.4. The van der Waals surface area contributed by atoms with Crippen molar-refractivity contribution < 1.29 is 4.79 Å². The standard InChI is InChI=1S/C29H49NO/c1-19(2)8-7-9-20(3)24-12-13-25-23-11-10-22-18-21(27(31)30-6)14-16-28(22,4)26(23)15-17-29(24,25)5/h10,19-21,23-26H,7-9,11-18H2,1-6H3,(H,30,31). The minimum absolute atomic E-state index is 0.206. The Labute approximate surface area is 192 Å². The van der Waals surface area contributed by atoms with Gasteiger partial charge in [0.05, 0.1) is 0 Å². The number of hydrogen-bond donors (Lipinski definition) is 1. The van der Waals surface area contributed by atoms with Crippen LogP contribution in [0, 0.1) is 52.3 Å². The maximum Gasteiger partial charge on any atom is 0.223 e. The van der Waals surface area contributed by atoms with Crippen LogP contribution >= 0.6 is 0 Å². The molecule has 1 amide bonds. The fourth-order valence-corrected chi connectivity index (χ4v) is 9.11. The second-order valence-electron chi connectivity index (χ2n) is 12.8. The molecule has 0 aromatic heterocycles. The number of nitrogens with one attached hydrogen (secondary N) is 1. The Hall–Kier alpha value is -0.790. The molecule has 3 saturated carbocycles. The van der Waals surface area contributed by atoms with Crippen LogP contribution in [0.5, 0.6) is 0 Å². The van der Waals surface area contributed by atoms with E-state index in [1.54, 1.807) is 12.6 Å². The second kappa shape index (κ2) is 8.86. The Morgan fingerprint density at radius 3 is 2.55 bits per heavy atom. The van der Waals surface area contributed by atoms with E-state index in [-0.39, 0.29) is 11.8 Å². The first-order valence-electron chi connectivity index (χ1n) is 13.6. The van der Waals surface area contributed by atoms with Crippen LogP contribution in [0.2, 0.25) is 0 Å². The molecule has 1 N–H and O–H groups in total. The molecule has 176 valence electrons. The normalized spacial score (nSPS) is 42.9. The summed E-state index contributed by atoms with van der Waals surface area (Å²) in [4.78, 5) is 12.3.